The van der Waals surface area contributed by atoms with Crippen LogP contribution in [0.4, 0.5) is 5.82 Å². The monoisotopic (exact) mass is 257 g/mol. The summed E-state index contributed by atoms with van der Waals surface area (Å²) in [6.07, 6.45) is 1.41. The Morgan fingerprint density at radius 1 is 1.35 bits per heavy atom. The van der Waals surface area contributed by atoms with Crippen LogP contribution in [-0.4, -0.2) is 27.2 Å². The topological polar surface area (TPSA) is 58.0 Å². The van der Waals surface area contributed by atoms with E-state index in [9.17, 15) is 5.11 Å². The Balaban J connectivity index is 2.87. The Kier molecular flexibility index (Phi) is 4.71. The van der Waals surface area contributed by atoms with Crippen molar-refractivity contribution in [2.75, 3.05) is 11.9 Å². The Morgan fingerprint density at radius 2 is 2.00 bits per heavy atom. The summed E-state index contributed by atoms with van der Waals surface area (Å²) in [5, 5.41) is 13.5. The molecule has 0 radical (unpaired) electrons. The molecule has 0 aromatic carbocycles. The van der Waals surface area contributed by atoms with Gasteiger partial charge in [-0.15, -0.1) is 0 Å². The van der Waals surface area contributed by atoms with Gasteiger partial charge in [0.15, 0.2) is 0 Å². The first-order valence-corrected chi connectivity index (χ1v) is 6.26. The van der Waals surface area contributed by atoms with Crippen LogP contribution in [0.2, 0.25) is 5.15 Å². The second-order valence-corrected chi connectivity index (χ2v) is 4.82. The number of hydrogen-bond acceptors (Lipinski definition) is 4. The molecule has 0 fully saturated rings. The fraction of sp³-hybridized carbons (Fsp3) is 0.667. The van der Waals surface area contributed by atoms with Crippen LogP contribution in [0.25, 0.3) is 0 Å². The van der Waals surface area contributed by atoms with Crippen LogP contribution < -0.4 is 5.32 Å². The number of halogens is 1. The second kappa shape index (κ2) is 5.65. The van der Waals surface area contributed by atoms with Gasteiger partial charge in [0.2, 0.25) is 0 Å². The van der Waals surface area contributed by atoms with Gasteiger partial charge in [-0.25, -0.2) is 9.97 Å². The molecule has 5 heteroatoms. The molecule has 1 aromatic rings. The van der Waals surface area contributed by atoms with E-state index in [1.807, 2.05) is 20.8 Å². The standard InChI is InChI=1S/C12H20ClN3O/c1-5-9-15-10(13)8(3)11(16-9)14-7-12(4,17)6-2/h17H,5-7H2,1-4H3,(H,14,15,16). The van der Waals surface area contributed by atoms with Gasteiger partial charge in [-0.1, -0.05) is 25.4 Å². The molecule has 0 bridgehead atoms. The molecule has 1 aromatic heterocycles. The highest BCUT2D eigenvalue weighted by Crippen LogP contribution is 2.21. The number of anilines is 1. The van der Waals surface area contributed by atoms with Crippen molar-refractivity contribution in [3.05, 3.63) is 16.5 Å². The highest BCUT2D eigenvalue weighted by molar-refractivity contribution is 6.30. The van der Waals surface area contributed by atoms with E-state index in [4.69, 9.17) is 11.6 Å². The molecule has 1 rings (SSSR count). The first kappa shape index (κ1) is 14.2. The molecule has 0 aliphatic carbocycles. The van der Waals surface area contributed by atoms with Crippen LogP contribution in [0.3, 0.4) is 0 Å². The Labute approximate surface area is 107 Å². The number of nitrogens with zero attached hydrogens (tertiary/aromatic N) is 2. The molecule has 0 spiro atoms. The summed E-state index contributed by atoms with van der Waals surface area (Å²) in [4.78, 5) is 8.54. The van der Waals surface area contributed by atoms with Gasteiger partial charge in [-0.2, -0.15) is 0 Å². The van der Waals surface area contributed by atoms with Crippen molar-refractivity contribution < 1.29 is 5.11 Å². The predicted octanol–water partition coefficient (Wildman–Crippen LogP) is 2.57. The molecule has 4 nitrogen and oxygen atoms in total. The van der Waals surface area contributed by atoms with Gasteiger partial charge < -0.3 is 10.4 Å². The minimum atomic E-state index is -0.740. The van der Waals surface area contributed by atoms with Crippen molar-refractivity contribution in [1.82, 2.24) is 9.97 Å². The van der Waals surface area contributed by atoms with Crippen LogP contribution in [0.5, 0.6) is 0 Å². The molecule has 17 heavy (non-hydrogen) atoms. The van der Waals surface area contributed by atoms with Crippen LogP contribution in [0.1, 0.15) is 38.6 Å². The lowest BCUT2D eigenvalue weighted by atomic mass is 10.0. The molecule has 1 atom stereocenters. The maximum Gasteiger partial charge on any atom is 0.137 e. The van der Waals surface area contributed by atoms with Crippen LogP contribution >= 0.6 is 11.6 Å². The summed E-state index contributed by atoms with van der Waals surface area (Å²) < 4.78 is 0. The SMILES string of the molecule is CCc1nc(Cl)c(C)c(NCC(C)(O)CC)n1. The fourth-order valence-corrected chi connectivity index (χ4v) is 1.45. The third kappa shape index (κ3) is 3.82. The van der Waals surface area contributed by atoms with Gasteiger partial charge in [-0.3, -0.25) is 0 Å². The molecule has 0 aliphatic rings. The summed E-state index contributed by atoms with van der Waals surface area (Å²) in [5.41, 5.74) is 0.0757. The molecule has 1 heterocycles. The Morgan fingerprint density at radius 3 is 2.53 bits per heavy atom. The van der Waals surface area contributed by atoms with Gasteiger partial charge in [0, 0.05) is 18.5 Å². The highest BCUT2D eigenvalue weighted by atomic mass is 35.5. The normalized spacial score (nSPS) is 14.5. The van der Waals surface area contributed by atoms with Crippen molar-refractivity contribution in [2.24, 2.45) is 0 Å². The highest BCUT2D eigenvalue weighted by Gasteiger charge is 2.18. The average Bonchev–Trinajstić information content (AvgIpc) is 2.31. The number of rotatable bonds is 5. The third-order valence-electron chi connectivity index (χ3n) is 2.85. The summed E-state index contributed by atoms with van der Waals surface area (Å²) in [5.74, 6) is 1.41. The Bertz CT molecular complexity index is 394. The molecular weight excluding hydrogens is 238 g/mol. The van der Waals surface area contributed by atoms with E-state index < -0.39 is 5.60 Å². The maximum atomic E-state index is 9.93. The largest absolute Gasteiger partial charge is 0.388 e. The molecule has 0 amide bonds. The molecule has 1 unspecified atom stereocenters. The molecule has 2 N–H and O–H groups in total. The summed E-state index contributed by atoms with van der Waals surface area (Å²) in [6.45, 7) is 8.02. The maximum absolute atomic E-state index is 9.93. The van der Waals surface area contributed by atoms with Crippen molar-refractivity contribution in [3.63, 3.8) is 0 Å². The quantitative estimate of drug-likeness (QED) is 0.796. The van der Waals surface area contributed by atoms with E-state index in [0.29, 0.717) is 29.8 Å². The first-order valence-electron chi connectivity index (χ1n) is 5.89. The zero-order valence-electron chi connectivity index (χ0n) is 10.8. The van der Waals surface area contributed by atoms with Gasteiger partial charge >= 0.3 is 0 Å². The van der Waals surface area contributed by atoms with Gasteiger partial charge in [-0.05, 0) is 20.3 Å². The lowest BCUT2D eigenvalue weighted by molar-refractivity contribution is 0.0696. The number of hydrogen-bond donors (Lipinski definition) is 2. The third-order valence-corrected chi connectivity index (χ3v) is 3.22. The molecule has 96 valence electrons. The molecule has 0 saturated heterocycles. The lowest BCUT2D eigenvalue weighted by Gasteiger charge is -2.22. The van der Waals surface area contributed by atoms with Crippen LogP contribution in [0.15, 0.2) is 0 Å². The van der Waals surface area contributed by atoms with Gasteiger partial charge in [0.1, 0.15) is 16.8 Å². The Hall–Kier alpha value is -0.870. The number of nitrogens with one attached hydrogen (secondary N) is 1. The van der Waals surface area contributed by atoms with E-state index in [0.717, 1.165) is 12.0 Å². The minimum Gasteiger partial charge on any atom is -0.388 e. The minimum absolute atomic E-state index is 0.445. The van der Waals surface area contributed by atoms with E-state index >= 15 is 0 Å². The number of aliphatic hydroxyl groups is 1. The predicted molar refractivity (Wildman–Crippen MR) is 70.6 cm³/mol. The van der Waals surface area contributed by atoms with E-state index in [-0.39, 0.29) is 0 Å². The average molecular weight is 258 g/mol. The molecular formula is C12H20ClN3O. The van der Waals surface area contributed by atoms with E-state index in [1.165, 1.54) is 0 Å². The summed E-state index contributed by atoms with van der Waals surface area (Å²) in [6, 6.07) is 0. The van der Waals surface area contributed by atoms with Crippen LogP contribution in [0, 0.1) is 6.92 Å². The molecule has 0 saturated carbocycles. The van der Waals surface area contributed by atoms with Crippen molar-refractivity contribution >= 4 is 17.4 Å². The lowest BCUT2D eigenvalue weighted by Crippen LogP contribution is -2.33. The number of aromatic nitrogens is 2. The van der Waals surface area contributed by atoms with Crippen molar-refractivity contribution in [1.29, 1.82) is 0 Å². The van der Waals surface area contributed by atoms with Crippen LogP contribution in [-0.2, 0) is 6.42 Å². The van der Waals surface area contributed by atoms with E-state index in [1.54, 1.807) is 6.92 Å². The second-order valence-electron chi connectivity index (χ2n) is 4.46. The first-order chi connectivity index (χ1) is 7.89. The van der Waals surface area contributed by atoms with Gasteiger partial charge in [0.25, 0.3) is 0 Å². The van der Waals surface area contributed by atoms with Gasteiger partial charge in [0.05, 0.1) is 5.60 Å². The van der Waals surface area contributed by atoms with Crippen molar-refractivity contribution in [2.45, 2.75) is 46.1 Å². The summed E-state index contributed by atoms with van der Waals surface area (Å²) >= 11 is 6.03. The van der Waals surface area contributed by atoms with E-state index in [2.05, 4.69) is 15.3 Å². The fourth-order valence-electron chi connectivity index (χ4n) is 1.26. The molecule has 0 aliphatic heterocycles. The zero-order valence-corrected chi connectivity index (χ0v) is 11.6. The summed E-state index contributed by atoms with van der Waals surface area (Å²) in [7, 11) is 0. The smallest absolute Gasteiger partial charge is 0.137 e. The number of aryl methyl sites for hydroxylation is 1. The zero-order chi connectivity index (χ0) is 13.1. The van der Waals surface area contributed by atoms with Crippen molar-refractivity contribution in [3.8, 4) is 0 Å².